The highest BCUT2D eigenvalue weighted by molar-refractivity contribution is 5.95. The van der Waals surface area contributed by atoms with Gasteiger partial charge in [0.25, 0.3) is 0 Å². The Morgan fingerprint density at radius 3 is 2.87 bits per heavy atom. The lowest BCUT2D eigenvalue weighted by atomic mass is 9.76. The number of ketones is 1. The zero-order chi connectivity index (χ0) is 11.3. The van der Waals surface area contributed by atoms with E-state index in [0.717, 1.165) is 24.8 Å². The van der Waals surface area contributed by atoms with Gasteiger partial charge in [0.1, 0.15) is 0 Å². The van der Waals surface area contributed by atoms with Crippen LogP contribution in [0, 0.1) is 5.41 Å². The maximum Gasteiger partial charge on any atom is 0.158 e. The molecule has 1 heteroatoms. The van der Waals surface area contributed by atoms with E-state index >= 15 is 0 Å². The predicted octanol–water partition coefficient (Wildman–Crippen LogP) is 4.05. The molecule has 0 N–H and O–H groups in total. The highest BCUT2D eigenvalue weighted by Crippen LogP contribution is 2.35. The van der Waals surface area contributed by atoms with Crippen LogP contribution in [0.5, 0.6) is 0 Å². The normalized spacial score (nSPS) is 20.3. The van der Waals surface area contributed by atoms with Gasteiger partial charge in [-0.1, -0.05) is 32.1 Å². The molecule has 0 amide bonds. The summed E-state index contributed by atoms with van der Waals surface area (Å²) in [6.07, 6.45) is 11.0. The molecule has 84 valence electrons. The van der Waals surface area contributed by atoms with Gasteiger partial charge in [0.2, 0.25) is 0 Å². The second-order valence-electron chi connectivity index (χ2n) is 5.14. The molecule has 0 aromatic carbocycles. The second-order valence-corrected chi connectivity index (χ2v) is 5.14. The molecular formula is C14H22O. The van der Waals surface area contributed by atoms with Crippen molar-refractivity contribution in [2.45, 2.75) is 52.9 Å². The summed E-state index contributed by atoms with van der Waals surface area (Å²) in [5.41, 5.74) is 1.39. The van der Waals surface area contributed by atoms with Gasteiger partial charge in [-0.3, -0.25) is 4.79 Å². The first-order chi connectivity index (χ1) is 7.05. The van der Waals surface area contributed by atoms with Crippen LogP contribution in [-0.2, 0) is 4.79 Å². The van der Waals surface area contributed by atoms with E-state index in [1.807, 2.05) is 13.0 Å². The van der Waals surface area contributed by atoms with E-state index in [1.54, 1.807) is 0 Å². The molecule has 0 spiro atoms. The van der Waals surface area contributed by atoms with Crippen molar-refractivity contribution < 1.29 is 4.79 Å². The fourth-order valence-corrected chi connectivity index (χ4v) is 2.07. The summed E-state index contributed by atoms with van der Waals surface area (Å²) in [6.45, 7) is 6.49. The molecule has 1 aliphatic carbocycles. The third-order valence-corrected chi connectivity index (χ3v) is 3.01. The standard InChI is InChI=1S/C14H22O/c1-4-5-6-9-13(15)12-8-7-10-14(2,3)11-12/h4-5,8H,6-7,9-11H2,1-3H3/b5-4+. The van der Waals surface area contributed by atoms with Crippen LogP contribution < -0.4 is 0 Å². The Morgan fingerprint density at radius 2 is 2.27 bits per heavy atom. The molecule has 1 rings (SSSR count). The van der Waals surface area contributed by atoms with Gasteiger partial charge in [-0.2, -0.15) is 0 Å². The van der Waals surface area contributed by atoms with Crippen molar-refractivity contribution in [1.29, 1.82) is 0 Å². The summed E-state index contributed by atoms with van der Waals surface area (Å²) < 4.78 is 0. The zero-order valence-corrected chi connectivity index (χ0v) is 10.2. The van der Waals surface area contributed by atoms with Crippen molar-refractivity contribution in [3.63, 3.8) is 0 Å². The molecule has 1 aliphatic rings. The first kappa shape index (κ1) is 12.2. The summed E-state index contributed by atoms with van der Waals surface area (Å²) in [6, 6.07) is 0. The lowest BCUT2D eigenvalue weighted by Crippen LogP contribution is -2.19. The van der Waals surface area contributed by atoms with Gasteiger partial charge in [-0.25, -0.2) is 0 Å². The highest BCUT2D eigenvalue weighted by atomic mass is 16.1. The van der Waals surface area contributed by atoms with Crippen LogP contribution in [0.15, 0.2) is 23.8 Å². The number of hydrogen-bond donors (Lipinski definition) is 0. The van der Waals surface area contributed by atoms with Crippen LogP contribution in [0.1, 0.15) is 52.9 Å². The van der Waals surface area contributed by atoms with Gasteiger partial charge < -0.3 is 0 Å². The van der Waals surface area contributed by atoms with Gasteiger partial charge >= 0.3 is 0 Å². The zero-order valence-electron chi connectivity index (χ0n) is 10.2. The number of rotatable bonds is 4. The molecule has 0 aliphatic heterocycles. The molecule has 0 aromatic rings. The summed E-state index contributed by atoms with van der Waals surface area (Å²) in [7, 11) is 0. The highest BCUT2D eigenvalue weighted by Gasteiger charge is 2.25. The lowest BCUT2D eigenvalue weighted by molar-refractivity contribution is -0.116. The van der Waals surface area contributed by atoms with Crippen LogP contribution in [-0.4, -0.2) is 5.78 Å². The SMILES string of the molecule is C/C=C/CCC(=O)C1=CCCC(C)(C)C1. The van der Waals surface area contributed by atoms with E-state index in [-0.39, 0.29) is 0 Å². The fraction of sp³-hybridized carbons (Fsp3) is 0.643. The molecule has 0 bridgehead atoms. The molecule has 0 atom stereocenters. The van der Waals surface area contributed by atoms with Crippen LogP contribution in [0.3, 0.4) is 0 Å². The minimum atomic E-state index is 0.320. The van der Waals surface area contributed by atoms with Gasteiger partial charge in [0.15, 0.2) is 5.78 Å². The monoisotopic (exact) mass is 206 g/mol. The third kappa shape index (κ3) is 4.03. The molecular weight excluding hydrogens is 184 g/mol. The van der Waals surface area contributed by atoms with Crippen molar-refractivity contribution in [2.75, 3.05) is 0 Å². The Balaban J connectivity index is 2.49. The number of carbonyl (C=O) groups excluding carboxylic acids is 1. The van der Waals surface area contributed by atoms with Crippen molar-refractivity contribution >= 4 is 5.78 Å². The summed E-state index contributed by atoms with van der Waals surface area (Å²) in [4.78, 5) is 11.9. The molecule has 0 heterocycles. The molecule has 0 radical (unpaired) electrons. The fourth-order valence-electron chi connectivity index (χ4n) is 2.07. The molecule has 1 nitrogen and oxygen atoms in total. The van der Waals surface area contributed by atoms with E-state index in [9.17, 15) is 4.79 Å². The minimum Gasteiger partial charge on any atom is -0.295 e. The van der Waals surface area contributed by atoms with E-state index in [0.29, 0.717) is 17.6 Å². The molecule has 0 saturated carbocycles. The second kappa shape index (κ2) is 5.29. The molecule has 15 heavy (non-hydrogen) atoms. The Bertz CT molecular complexity index is 282. The van der Waals surface area contributed by atoms with Gasteiger partial charge in [0.05, 0.1) is 0 Å². The number of carbonyl (C=O) groups is 1. The molecule has 0 unspecified atom stereocenters. The largest absolute Gasteiger partial charge is 0.295 e. The van der Waals surface area contributed by atoms with Crippen molar-refractivity contribution in [3.05, 3.63) is 23.8 Å². The topological polar surface area (TPSA) is 17.1 Å². The molecule has 0 saturated heterocycles. The predicted molar refractivity (Wildman–Crippen MR) is 64.8 cm³/mol. The third-order valence-electron chi connectivity index (χ3n) is 3.01. The average molecular weight is 206 g/mol. The summed E-state index contributed by atoms with van der Waals surface area (Å²) >= 11 is 0. The molecule has 0 fully saturated rings. The first-order valence-corrected chi connectivity index (χ1v) is 5.88. The van der Waals surface area contributed by atoms with Crippen LogP contribution in [0.4, 0.5) is 0 Å². The number of Topliss-reactive ketones (excluding diaryl/α,β-unsaturated/α-hetero) is 1. The van der Waals surface area contributed by atoms with Crippen LogP contribution >= 0.6 is 0 Å². The number of hydrogen-bond acceptors (Lipinski definition) is 1. The average Bonchev–Trinajstić information content (AvgIpc) is 2.16. The maximum absolute atomic E-state index is 11.9. The van der Waals surface area contributed by atoms with E-state index < -0.39 is 0 Å². The Morgan fingerprint density at radius 1 is 1.53 bits per heavy atom. The van der Waals surface area contributed by atoms with E-state index in [2.05, 4.69) is 26.0 Å². The van der Waals surface area contributed by atoms with Crippen molar-refractivity contribution in [2.24, 2.45) is 5.41 Å². The van der Waals surface area contributed by atoms with E-state index in [4.69, 9.17) is 0 Å². The Hall–Kier alpha value is -0.850. The van der Waals surface area contributed by atoms with Gasteiger partial charge in [0, 0.05) is 6.42 Å². The first-order valence-electron chi connectivity index (χ1n) is 5.88. The lowest BCUT2D eigenvalue weighted by Gasteiger charge is -2.29. The molecule has 0 aromatic heterocycles. The quantitative estimate of drug-likeness (QED) is 0.634. The Labute approximate surface area is 93.3 Å². The van der Waals surface area contributed by atoms with Crippen LogP contribution in [0.25, 0.3) is 0 Å². The summed E-state index contributed by atoms with van der Waals surface area (Å²) in [5.74, 6) is 0.348. The van der Waals surface area contributed by atoms with Gasteiger partial charge in [-0.05, 0) is 43.6 Å². The van der Waals surface area contributed by atoms with Crippen LogP contribution in [0.2, 0.25) is 0 Å². The van der Waals surface area contributed by atoms with Crippen molar-refractivity contribution in [3.8, 4) is 0 Å². The number of allylic oxidation sites excluding steroid dienone is 4. The van der Waals surface area contributed by atoms with Gasteiger partial charge in [-0.15, -0.1) is 0 Å². The Kier molecular flexibility index (Phi) is 4.31. The smallest absolute Gasteiger partial charge is 0.158 e. The summed E-state index contributed by atoms with van der Waals surface area (Å²) in [5, 5.41) is 0. The van der Waals surface area contributed by atoms with Crippen molar-refractivity contribution in [1.82, 2.24) is 0 Å². The minimum absolute atomic E-state index is 0.320. The maximum atomic E-state index is 11.9. The van der Waals surface area contributed by atoms with E-state index in [1.165, 1.54) is 6.42 Å².